The lowest BCUT2D eigenvalue weighted by Crippen LogP contribution is -3.00. The second kappa shape index (κ2) is 9.32. The molecule has 4 nitrogen and oxygen atoms in total. The van der Waals surface area contributed by atoms with Crippen molar-refractivity contribution in [3.63, 3.8) is 0 Å². The largest absolute Gasteiger partial charge is 1.00 e. The van der Waals surface area contributed by atoms with Crippen LogP contribution in [0.2, 0.25) is 0 Å². The minimum atomic E-state index is -4.13. The number of morpholine rings is 1. The van der Waals surface area contributed by atoms with Crippen LogP contribution in [0.3, 0.4) is 0 Å². The smallest absolute Gasteiger partial charge is 0.389 e. The molecule has 0 aliphatic carbocycles. The molecular formula is C18H21BrF3N3O. The zero-order valence-corrected chi connectivity index (χ0v) is 15.8. The van der Waals surface area contributed by atoms with E-state index in [-0.39, 0.29) is 29.9 Å². The van der Waals surface area contributed by atoms with Gasteiger partial charge in [-0.1, -0.05) is 35.0 Å². The molecule has 2 heterocycles. The summed E-state index contributed by atoms with van der Waals surface area (Å²) < 4.78 is 44.3. The maximum Gasteiger partial charge on any atom is 0.389 e. The first-order chi connectivity index (χ1) is 12.0. The second-order valence-electron chi connectivity index (χ2n) is 6.03. The second-order valence-corrected chi connectivity index (χ2v) is 6.03. The van der Waals surface area contributed by atoms with Crippen LogP contribution in [0.25, 0.3) is 11.1 Å². The molecule has 142 valence electrons. The first kappa shape index (κ1) is 20.6. The lowest BCUT2D eigenvalue weighted by atomic mass is 10.1. The van der Waals surface area contributed by atoms with Gasteiger partial charge < -0.3 is 26.6 Å². The van der Waals surface area contributed by atoms with E-state index >= 15 is 0 Å². The molecule has 1 aromatic heterocycles. The molecule has 1 aliphatic heterocycles. The van der Waals surface area contributed by atoms with Crippen molar-refractivity contribution < 1.29 is 39.6 Å². The summed E-state index contributed by atoms with van der Waals surface area (Å²) in [5, 5.41) is 4.52. The number of aromatic nitrogens is 2. The molecule has 0 radical (unpaired) electrons. The Kier molecular flexibility index (Phi) is 7.40. The van der Waals surface area contributed by atoms with Crippen molar-refractivity contribution in [2.24, 2.45) is 0 Å². The topological polar surface area (TPSA) is 29.2 Å². The molecule has 0 bridgehead atoms. The van der Waals surface area contributed by atoms with E-state index in [4.69, 9.17) is 4.74 Å². The van der Waals surface area contributed by atoms with Crippen molar-refractivity contribution in [2.75, 3.05) is 31.2 Å². The van der Waals surface area contributed by atoms with Crippen molar-refractivity contribution in [1.29, 1.82) is 0 Å². The number of nitrogens with zero attached hydrogens (tertiary/aromatic N) is 3. The molecule has 3 rings (SSSR count). The highest BCUT2D eigenvalue weighted by Gasteiger charge is 2.27. The van der Waals surface area contributed by atoms with E-state index in [9.17, 15) is 13.2 Å². The average Bonchev–Trinajstić information content (AvgIpc) is 2.62. The molecule has 1 fully saturated rings. The predicted molar refractivity (Wildman–Crippen MR) is 88.2 cm³/mol. The highest BCUT2D eigenvalue weighted by molar-refractivity contribution is 5.64. The summed E-state index contributed by atoms with van der Waals surface area (Å²) in [6.07, 6.45) is -3.10. The number of rotatable bonds is 5. The van der Waals surface area contributed by atoms with E-state index in [1.165, 1.54) is 0 Å². The lowest BCUT2D eigenvalue weighted by molar-refractivity contribution is -0.753. The molecule has 8 heteroatoms. The van der Waals surface area contributed by atoms with Crippen LogP contribution in [-0.2, 0) is 11.3 Å². The van der Waals surface area contributed by atoms with Crippen LogP contribution in [0.1, 0.15) is 12.8 Å². The Labute approximate surface area is 161 Å². The molecule has 0 amide bonds. The molecule has 26 heavy (non-hydrogen) atoms. The Hall–Kier alpha value is -1.67. The van der Waals surface area contributed by atoms with E-state index in [1.54, 1.807) is 4.68 Å². The summed E-state index contributed by atoms with van der Waals surface area (Å²) in [7, 11) is 0. The summed E-state index contributed by atoms with van der Waals surface area (Å²) in [5.74, 6) is 0.775. The van der Waals surface area contributed by atoms with Gasteiger partial charge in [-0.15, -0.1) is 0 Å². The standard InChI is InChI=1S/C18H21F3N3O.BrH/c19-18(20,21)7-4-8-24-14-16(15-5-2-1-3-6-15)13-17(22-24)23-9-11-25-12-10-23;/h1-3,5-6,13-14H,4,7-12H2;1H/q+1;/p-1. The number of halogens is 4. The predicted octanol–water partition coefficient (Wildman–Crippen LogP) is 0.219. The van der Waals surface area contributed by atoms with Gasteiger partial charge in [0.1, 0.15) is 0 Å². The molecule has 0 N–H and O–H groups in total. The van der Waals surface area contributed by atoms with E-state index < -0.39 is 12.6 Å². The summed E-state index contributed by atoms with van der Waals surface area (Å²) >= 11 is 0. The Morgan fingerprint density at radius 2 is 1.77 bits per heavy atom. The average molecular weight is 432 g/mol. The Balaban J connectivity index is 0.00000243. The zero-order valence-electron chi connectivity index (χ0n) is 14.3. The van der Waals surface area contributed by atoms with Crippen molar-refractivity contribution in [3.8, 4) is 11.1 Å². The van der Waals surface area contributed by atoms with Crippen molar-refractivity contribution >= 4 is 5.82 Å². The van der Waals surface area contributed by atoms with Crippen LogP contribution in [-0.4, -0.2) is 37.6 Å². The van der Waals surface area contributed by atoms with E-state index in [2.05, 4.69) is 10.00 Å². The van der Waals surface area contributed by atoms with Crippen LogP contribution in [0.5, 0.6) is 0 Å². The van der Waals surface area contributed by atoms with Crippen LogP contribution in [0, 0.1) is 0 Å². The summed E-state index contributed by atoms with van der Waals surface area (Å²) in [5.41, 5.74) is 1.97. The van der Waals surface area contributed by atoms with Gasteiger partial charge in [0, 0.05) is 37.1 Å². The van der Waals surface area contributed by atoms with Gasteiger partial charge in [0.25, 0.3) is 0 Å². The Morgan fingerprint density at radius 3 is 2.42 bits per heavy atom. The van der Waals surface area contributed by atoms with Crippen LogP contribution >= 0.6 is 0 Å². The fourth-order valence-electron chi connectivity index (χ4n) is 2.82. The number of alkyl halides is 3. The van der Waals surface area contributed by atoms with Gasteiger partial charge in [-0.05, 0) is 5.56 Å². The lowest BCUT2D eigenvalue weighted by Gasteiger charge is -2.26. The highest BCUT2D eigenvalue weighted by atomic mass is 79.9. The Morgan fingerprint density at radius 1 is 1.08 bits per heavy atom. The number of anilines is 1. The minimum Gasteiger partial charge on any atom is -1.00 e. The van der Waals surface area contributed by atoms with E-state index in [1.807, 2.05) is 42.6 Å². The Bertz CT molecular complexity index is 692. The molecular weight excluding hydrogens is 411 g/mol. The van der Waals surface area contributed by atoms with E-state index in [0.717, 1.165) is 30.0 Å². The molecule has 1 aromatic carbocycles. The monoisotopic (exact) mass is 431 g/mol. The first-order valence-corrected chi connectivity index (χ1v) is 8.38. The molecule has 0 saturated carbocycles. The maximum atomic E-state index is 12.4. The number of aryl methyl sites for hydroxylation is 1. The highest BCUT2D eigenvalue weighted by Crippen LogP contribution is 2.23. The molecule has 1 saturated heterocycles. The van der Waals surface area contributed by atoms with Gasteiger partial charge in [-0.2, -0.15) is 13.2 Å². The number of ether oxygens (including phenoxy) is 1. The van der Waals surface area contributed by atoms with Gasteiger partial charge in [-0.25, -0.2) is 0 Å². The van der Waals surface area contributed by atoms with Gasteiger partial charge in [-0.3, -0.25) is 0 Å². The third-order valence-electron chi connectivity index (χ3n) is 4.09. The van der Waals surface area contributed by atoms with Crippen LogP contribution in [0.15, 0.2) is 42.6 Å². The number of hydrogen-bond donors (Lipinski definition) is 0. The first-order valence-electron chi connectivity index (χ1n) is 8.38. The molecule has 0 spiro atoms. The van der Waals surface area contributed by atoms with Crippen molar-refractivity contribution in [3.05, 3.63) is 42.6 Å². The fourth-order valence-corrected chi connectivity index (χ4v) is 2.82. The fraction of sp³-hybridized carbons (Fsp3) is 0.444. The number of hydrogen-bond acceptors (Lipinski definition) is 3. The third-order valence-corrected chi connectivity index (χ3v) is 4.09. The summed E-state index contributed by atoms with van der Waals surface area (Å²) in [6, 6.07) is 11.8. The van der Waals surface area contributed by atoms with Crippen LogP contribution < -0.4 is 26.6 Å². The van der Waals surface area contributed by atoms with Crippen molar-refractivity contribution in [1.82, 2.24) is 5.10 Å². The minimum absolute atomic E-state index is 0. The summed E-state index contributed by atoms with van der Waals surface area (Å²) in [4.78, 5) is 2.11. The zero-order chi connectivity index (χ0) is 17.7. The van der Waals surface area contributed by atoms with Gasteiger partial charge in [0.2, 0.25) is 6.20 Å². The normalized spacial score (nSPS) is 14.8. The quantitative estimate of drug-likeness (QED) is 0.634. The third kappa shape index (κ3) is 5.95. The van der Waals surface area contributed by atoms with E-state index in [0.29, 0.717) is 13.2 Å². The SMILES string of the molecule is FC(F)(F)CCC[n+]1cc(-c2ccccc2)cc(N2CCOCC2)n1.[Br-]. The van der Waals surface area contributed by atoms with Gasteiger partial charge >= 0.3 is 6.18 Å². The van der Waals surface area contributed by atoms with Gasteiger partial charge in [0.15, 0.2) is 12.4 Å². The van der Waals surface area contributed by atoms with Crippen LogP contribution in [0.4, 0.5) is 19.0 Å². The molecule has 1 aliphatic rings. The molecule has 2 aromatic rings. The van der Waals surface area contributed by atoms with Crippen molar-refractivity contribution in [2.45, 2.75) is 25.6 Å². The van der Waals surface area contributed by atoms with Gasteiger partial charge in [0.05, 0.1) is 18.8 Å². The maximum absolute atomic E-state index is 12.4. The number of benzene rings is 1. The molecule has 0 atom stereocenters. The molecule has 0 unspecified atom stereocenters. The summed E-state index contributed by atoms with van der Waals surface area (Å²) in [6.45, 7) is 2.95.